The van der Waals surface area contributed by atoms with Gasteiger partial charge in [-0.2, -0.15) is 0 Å². The highest BCUT2D eigenvalue weighted by atomic mass is 15.2. The molecule has 0 spiro atoms. The molecule has 0 amide bonds. The zero-order chi connectivity index (χ0) is 36.1. The van der Waals surface area contributed by atoms with E-state index in [1.54, 1.807) is 0 Å². The highest BCUT2D eigenvalue weighted by Gasteiger charge is 2.21. The molecule has 0 aliphatic rings. The minimum Gasteiger partial charge on any atom is -0.311 e. The zero-order valence-electron chi connectivity index (χ0n) is 29.8. The fourth-order valence-corrected chi connectivity index (χ4v) is 7.39. The van der Waals surface area contributed by atoms with Gasteiger partial charge in [-0.3, -0.25) is 0 Å². The van der Waals surface area contributed by atoms with Crippen LogP contribution in [0, 0.1) is 0 Å². The number of hydrogen-bond acceptors (Lipinski definition) is 2. The van der Waals surface area contributed by atoms with Gasteiger partial charge in [0.2, 0.25) is 0 Å². The minimum absolute atomic E-state index is 1.09. The fourth-order valence-electron chi connectivity index (χ4n) is 7.39. The molecule has 9 rings (SSSR count). The molecule has 0 aromatic heterocycles. The second kappa shape index (κ2) is 14.8. The van der Waals surface area contributed by atoms with Crippen molar-refractivity contribution >= 4 is 44.9 Å². The summed E-state index contributed by atoms with van der Waals surface area (Å²) in [6.07, 6.45) is 0. The normalized spacial score (nSPS) is 11.0. The van der Waals surface area contributed by atoms with Crippen molar-refractivity contribution in [2.24, 2.45) is 0 Å². The Labute approximate surface area is 317 Å². The van der Waals surface area contributed by atoms with Gasteiger partial charge >= 0.3 is 0 Å². The van der Waals surface area contributed by atoms with Crippen LogP contribution in [-0.4, -0.2) is 0 Å². The average Bonchev–Trinajstić information content (AvgIpc) is 3.26. The predicted molar refractivity (Wildman–Crippen MR) is 230 cm³/mol. The van der Waals surface area contributed by atoms with Gasteiger partial charge in [-0.05, 0) is 93.9 Å². The molecule has 0 aliphatic heterocycles. The van der Waals surface area contributed by atoms with Crippen molar-refractivity contribution < 1.29 is 0 Å². The number of hydrogen-bond donors (Lipinski definition) is 0. The number of fused-ring (bicyclic) bond motifs is 1. The third-order valence-corrected chi connectivity index (χ3v) is 10.1. The molecular weight excluding hydrogens is 653 g/mol. The predicted octanol–water partition coefficient (Wildman–Crippen LogP) is 14.8. The minimum atomic E-state index is 1.09. The van der Waals surface area contributed by atoms with Gasteiger partial charge in [0.05, 0.1) is 5.69 Å². The highest BCUT2D eigenvalue weighted by molar-refractivity contribution is 6.06. The maximum absolute atomic E-state index is 2.41. The first-order valence-corrected chi connectivity index (χ1v) is 18.4. The molecule has 0 atom stereocenters. The van der Waals surface area contributed by atoms with E-state index in [0.29, 0.717) is 0 Å². The Morgan fingerprint density at radius 2 is 0.574 bits per heavy atom. The van der Waals surface area contributed by atoms with Crippen LogP contribution < -0.4 is 9.80 Å². The molecule has 0 fully saturated rings. The van der Waals surface area contributed by atoms with Crippen LogP contribution in [0.15, 0.2) is 231 Å². The summed E-state index contributed by atoms with van der Waals surface area (Å²) in [6, 6.07) is 82.4. The van der Waals surface area contributed by atoms with E-state index in [1.807, 2.05) is 0 Å². The Bertz CT molecular complexity index is 2600. The molecule has 0 heterocycles. The maximum Gasteiger partial charge on any atom is 0.0618 e. The van der Waals surface area contributed by atoms with E-state index in [9.17, 15) is 0 Å². The number of nitrogens with zero attached hydrogens (tertiary/aromatic N) is 2. The van der Waals surface area contributed by atoms with Gasteiger partial charge in [0.15, 0.2) is 0 Å². The van der Waals surface area contributed by atoms with Crippen LogP contribution in [0.1, 0.15) is 0 Å². The molecule has 0 saturated heterocycles. The Morgan fingerprint density at radius 1 is 0.222 bits per heavy atom. The van der Waals surface area contributed by atoms with E-state index in [0.717, 1.165) is 45.3 Å². The van der Waals surface area contributed by atoms with Gasteiger partial charge in [0, 0.05) is 39.4 Å². The van der Waals surface area contributed by atoms with Crippen LogP contribution in [0.3, 0.4) is 0 Å². The molecule has 54 heavy (non-hydrogen) atoms. The van der Waals surface area contributed by atoms with E-state index >= 15 is 0 Å². The van der Waals surface area contributed by atoms with Gasteiger partial charge in [0.1, 0.15) is 0 Å². The maximum atomic E-state index is 2.41. The lowest BCUT2D eigenvalue weighted by atomic mass is 9.96. The van der Waals surface area contributed by atoms with E-state index in [1.165, 1.54) is 33.0 Å². The summed E-state index contributed by atoms with van der Waals surface area (Å²) in [5, 5.41) is 2.39. The van der Waals surface area contributed by atoms with Crippen LogP contribution in [0.2, 0.25) is 0 Å². The Hall–Kier alpha value is -7.16. The first-order valence-electron chi connectivity index (χ1n) is 18.4. The smallest absolute Gasteiger partial charge is 0.0618 e. The van der Waals surface area contributed by atoms with Crippen molar-refractivity contribution in [2.45, 2.75) is 0 Å². The summed E-state index contributed by atoms with van der Waals surface area (Å²) >= 11 is 0. The lowest BCUT2D eigenvalue weighted by Gasteiger charge is -2.30. The molecule has 2 nitrogen and oxygen atoms in total. The Kier molecular flexibility index (Phi) is 8.99. The second-order valence-corrected chi connectivity index (χ2v) is 13.4. The van der Waals surface area contributed by atoms with E-state index < -0.39 is 0 Å². The molecule has 2 heteroatoms. The van der Waals surface area contributed by atoms with Gasteiger partial charge in [-0.1, -0.05) is 170 Å². The number of para-hydroxylation sites is 2. The van der Waals surface area contributed by atoms with Crippen LogP contribution in [-0.2, 0) is 0 Å². The number of benzene rings is 9. The molecule has 256 valence electrons. The third kappa shape index (κ3) is 6.53. The fraction of sp³-hybridized carbons (Fsp3) is 0. The molecule has 0 aliphatic carbocycles. The molecular formula is C52H38N2. The summed E-state index contributed by atoms with van der Waals surface area (Å²) < 4.78 is 0. The number of anilines is 6. The average molecular weight is 691 g/mol. The topological polar surface area (TPSA) is 6.48 Å². The highest BCUT2D eigenvalue weighted by Crippen LogP contribution is 2.46. The van der Waals surface area contributed by atoms with Crippen LogP contribution >= 0.6 is 0 Å². The summed E-state index contributed by atoms with van der Waals surface area (Å²) in [5.41, 5.74) is 13.8. The summed E-state index contributed by atoms with van der Waals surface area (Å²) in [7, 11) is 0. The first kappa shape index (κ1) is 32.7. The van der Waals surface area contributed by atoms with Crippen LogP contribution in [0.5, 0.6) is 0 Å². The quantitative estimate of drug-likeness (QED) is 0.149. The van der Waals surface area contributed by atoms with Crippen LogP contribution in [0.4, 0.5) is 34.1 Å². The second-order valence-electron chi connectivity index (χ2n) is 13.4. The summed E-state index contributed by atoms with van der Waals surface area (Å²) in [5.74, 6) is 0. The first-order chi connectivity index (χ1) is 26.8. The molecule has 0 unspecified atom stereocenters. The lowest BCUT2D eigenvalue weighted by molar-refractivity contribution is 1.28. The largest absolute Gasteiger partial charge is 0.311 e. The van der Waals surface area contributed by atoms with Gasteiger partial charge in [0.25, 0.3) is 0 Å². The van der Waals surface area contributed by atoms with Gasteiger partial charge < -0.3 is 9.80 Å². The van der Waals surface area contributed by atoms with Crippen molar-refractivity contribution in [1.82, 2.24) is 0 Å². The molecule has 9 aromatic rings. The van der Waals surface area contributed by atoms with Crippen LogP contribution in [0.25, 0.3) is 44.2 Å². The third-order valence-electron chi connectivity index (χ3n) is 10.1. The van der Waals surface area contributed by atoms with E-state index in [-0.39, 0.29) is 0 Å². The van der Waals surface area contributed by atoms with Crippen molar-refractivity contribution in [2.75, 3.05) is 9.80 Å². The Morgan fingerprint density at radius 3 is 1.07 bits per heavy atom. The molecule has 0 N–H and O–H groups in total. The standard InChI is InChI=1S/C52H38N2/c1-5-15-39(16-6-1)41-25-32-47(33-26-41)53(45-20-9-3-10-21-45)48-36-29-44(30-37-48)51-38-31-43-19-13-14-24-50(43)52(51)54(46-22-11-4-12-23-46)49-34-27-42(28-35-49)40-17-7-2-8-18-40/h1-38H. The van der Waals surface area contributed by atoms with Gasteiger partial charge in [-0.25, -0.2) is 0 Å². The molecule has 0 saturated carbocycles. The van der Waals surface area contributed by atoms with Gasteiger partial charge in [-0.15, -0.1) is 0 Å². The summed E-state index contributed by atoms with van der Waals surface area (Å²) in [4.78, 5) is 4.73. The SMILES string of the molecule is c1ccc(-c2ccc(N(c3ccccc3)c3ccc(-c4ccc5ccccc5c4N(c4ccccc4)c4ccc(-c5ccccc5)cc4)cc3)cc2)cc1. The monoisotopic (exact) mass is 690 g/mol. The van der Waals surface area contributed by atoms with E-state index in [2.05, 4.69) is 240 Å². The molecule has 9 aromatic carbocycles. The van der Waals surface area contributed by atoms with Crippen molar-refractivity contribution in [3.8, 4) is 33.4 Å². The summed E-state index contributed by atoms with van der Waals surface area (Å²) in [6.45, 7) is 0. The number of rotatable bonds is 9. The van der Waals surface area contributed by atoms with Crippen molar-refractivity contribution in [1.29, 1.82) is 0 Å². The zero-order valence-corrected chi connectivity index (χ0v) is 29.8. The lowest BCUT2D eigenvalue weighted by Crippen LogP contribution is -2.12. The molecule has 0 bridgehead atoms. The van der Waals surface area contributed by atoms with Crippen molar-refractivity contribution in [3.05, 3.63) is 231 Å². The molecule has 0 radical (unpaired) electrons. The van der Waals surface area contributed by atoms with Crippen molar-refractivity contribution in [3.63, 3.8) is 0 Å². The Balaban J connectivity index is 1.15. The van der Waals surface area contributed by atoms with E-state index in [4.69, 9.17) is 0 Å².